The van der Waals surface area contributed by atoms with Gasteiger partial charge in [0.25, 0.3) is 0 Å². The third-order valence-electron chi connectivity index (χ3n) is 3.60. The van der Waals surface area contributed by atoms with Crippen LogP contribution < -0.4 is 5.73 Å². The van der Waals surface area contributed by atoms with E-state index < -0.39 is 0 Å². The van der Waals surface area contributed by atoms with Crippen molar-refractivity contribution in [1.29, 1.82) is 0 Å². The average Bonchev–Trinajstić information content (AvgIpc) is 2.39. The predicted octanol–water partition coefficient (Wildman–Crippen LogP) is 3.67. The highest BCUT2D eigenvalue weighted by atomic mass is 14.7. The topological polar surface area (TPSA) is 38.9 Å². The van der Waals surface area contributed by atoms with Gasteiger partial charge in [-0.2, -0.15) is 0 Å². The number of fused-ring (bicyclic) bond motifs is 1. The van der Waals surface area contributed by atoms with Gasteiger partial charge in [0.1, 0.15) is 0 Å². The van der Waals surface area contributed by atoms with Gasteiger partial charge in [-0.15, -0.1) is 0 Å². The first-order chi connectivity index (χ1) is 8.27. The van der Waals surface area contributed by atoms with E-state index in [4.69, 9.17) is 5.73 Å². The average molecular weight is 228 g/mol. The third kappa shape index (κ3) is 2.32. The lowest BCUT2D eigenvalue weighted by Gasteiger charge is -2.22. The molecule has 0 bridgehead atoms. The van der Waals surface area contributed by atoms with Crippen LogP contribution in [0.25, 0.3) is 10.9 Å². The van der Waals surface area contributed by atoms with Gasteiger partial charge < -0.3 is 5.73 Å². The Hall–Kier alpha value is -1.41. The molecule has 2 nitrogen and oxygen atoms in total. The molecule has 0 saturated heterocycles. The molecule has 1 atom stereocenters. The maximum absolute atomic E-state index is 6.40. The van der Waals surface area contributed by atoms with Gasteiger partial charge in [-0.3, -0.25) is 4.98 Å². The number of para-hydroxylation sites is 1. The minimum Gasteiger partial charge on any atom is -0.324 e. The second-order valence-corrected chi connectivity index (χ2v) is 4.52. The molecule has 0 radical (unpaired) electrons. The lowest BCUT2D eigenvalue weighted by Crippen LogP contribution is -2.20. The molecule has 1 heterocycles. The van der Waals surface area contributed by atoms with Crippen LogP contribution in [0.1, 0.15) is 38.3 Å². The van der Waals surface area contributed by atoms with E-state index in [1.54, 1.807) is 0 Å². The highest BCUT2D eigenvalue weighted by Crippen LogP contribution is 2.29. The summed E-state index contributed by atoms with van der Waals surface area (Å²) in [6.07, 6.45) is 4.10. The van der Waals surface area contributed by atoms with E-state index in [0.717, 1.165) is 18.4 Å². The SMILES string of the molecule is CCC(CC)C(N)c1ccnc2ccccc12. The van der Waals surface area contributed by atoms with Gasteiger partial charge in [-0.1, -0.05) is 44.9 Å². The van der Waals surface area contributed by atoms with E-state index in [1.165, 1.54) is 10.9 Å². The summed E-state index contributed by atoms with van der Waals surface area (Å²) in [5.41, 5.74) is 8.66. The van der Waals surface area contributed by atoms with Crippen LogP contribution in [0.5, 0.6) is 0 Å². The van der Waals surface area contributed by atoms with Gasteiger partial charge in [-0.25, -0.2) is 0 Å². The van der Waals surface area contributed by atoms with Gasteiger partial charge in [0.2, 0.25) is 0 Å². The van der Waals surface area contributed by atoms with Crippen LogP contribution in [-0.4, -0.2) is 4.98 Å². The molecule has 0 aliphatic heterocycles. The summed E-state index contributed by atoms with van der Waals surface area (Å²) in [4.78, 5) is 4.38. The van der Waals surface area contributed by atoms with Crippen molar-refractivity contribution in [2.24, 2.45) is 11.7 Å². The van der Waals surface area contributed by atoms with Crippen molar-refractivity contribution in [1.82, 2.24) is 4.98 Å². The maximum Gasteiger partial charge on any atom is 0.0705 e. The highest BCUT2D eigenvalue weighted by Gasteiger charge is 2.17. The Morgan fingerprint density at radius 2 is 1.82 bits per heavy atom. The Labute approximate surface area is 103 Å². The number of nitrogens with two attached hydrogens (primary N) is 1. The zero-order valence-electron chi connectivity index (χ0n) is 10.6. The fraction of sp³-hybridized carbons (Fsp3) is 0.400. The fourth-order valence-electron chi connectivity index (χ4n) is 2.46. The predicted molar refractivity (Wildman–Crippen MR) is 72.7 cm³/mol. The normalized spacial score (nSPS) is 13.2. The molecule has 2 N–H and O–H groups in total. The van der Waals surface area contributed by atoms with Crippen LogP contribution in [0.2, 0.25) is 0 Å². The molecule has 0 aliphatic rings. The van der Waals surface area contributed by atoms with E-state index >= 15 is 0 Å². The summed E-state index contributed by atoms with van der Waals surface area (Å²) in [5.74, 6) is 0.542. The summed E-state index contributed by atoms with van der Waals surface area (Å²) in [7, 11) is 0. The Morgan fingerprint density at radius 3 is 2.53 bits per heavy atom. The van der Waals surface area contributed by atoms with Crippen LogP contribution in [0.15, 0.2) is 36.5 Å². The molecular weight excluding hydrogens is 208 g/mol. The van der Waals surface area contributed by atoms with Crippen molar-refractivity contribution in [3.05, 3.63) is 42.1 Å². The van der Waals surface area contributed by atoms with Crippen molar-refractivity contribution in [3.63, 3.8) is 0 Å². The molecule has 0 aliphatic carbocycles. The molecular formula is C15H20N2. The fourth-order valence-corrected chi connectivity index (χ4v) is 2.46. The first-order valence-corrected chi connectivity index (χ1v) is 6.37. The molecule has 2 aromatic rings. The first-order valence-electron chi connectivity index (χ1n) is 6.37. The third-order valence-corrected chi connectivity index (χ3v) is 3.60. The molecule has 0 fully saturated rings. The smallest absolute Gasteiger partial charge is 0.0705 e. The van der Waals surface area contributed by atoms with E-state index in [2.05, 4.69) is 31.0 Å². The van der Waals surface area contributed by atoms with Gasteiger partial charge in [0, 0.05) is 17.6 Å². The molecule has 0 amide bonds. The molecule has 17 heavy (non-hydrogen) atoms. The summed E-state index contributed by atoms with van der Waals surface area (Å²) in [5, 5.41) is 1.19. The number of hydrogen-bond acceptors (Lipinski definition) is 2. The molecule has 2 heteroatoms. The summed E-state index contributed by atoms with van der Waals surface area (Å²) in [6, 6.07) is 10.4. The second kappa shape index (κ2) is 5.28. The van der Waals surface area contributed by atoms with Crippen molar-refractivity contribution >= 4 is 10.9 Å². The largest absolute Gasteiger partial charge is 0.324 e. The maximum atomic E-state index is 6.40. The van der Waals surface area contributed by atoms with Crippen LogP contribution in [0.3, 0.4) is 0 Å². The van der Waals surface area contributed by atoms with E-state index in [0.29, 0.717) is 5.92 Å². The zero-order valence-corrected chi connectivity index (χ0v) is 10.6. The molecule has 1 aromatic heterocycles. The number of pyridine rings is 1. The Bertz CT molecular complexity index is 484. The second-order valence-electron chi connectivity index (χ2n) is 4.52. The Balaban J connectivity index is 2.47. The summed E-state index contributed by atoms with van der Waals surface area (Å²) < 4.78 is 0. The monoisotopic (exact) mass is 228 g/mol. The van der Waals surface area contributed by atoms with Crippen molar-refractivity contribution in [3.8, 4) is 0 Å². The number of hydrogen-bond donors (Lipinski definition) is 1. The van der Waals surface area contributed by atoms with Crippen molar-refractivity contribution in [2.75, 3.05) is 0 Å². The number of benzene rings is 1. The molecule has 2 rings (SSSR count). The van der Waals surface area contributed by atoms with Gasteiger partial charge >= 0.3 is 0 Å². The Kier molecular flexibility index (Phi) is 3.75. The molecule has 90 valence electrons. The molecule has 1 aromatic carbocycles. The summed E-state index contributed by atoms with van der Waals surface area (Å²) >= 11 is 0. The number of aromatic nitrogens is 1. The lowest BCUT2D eigenvalue weighted by atomic mass is 9.88. The van der Waals surface area contributed by atoms with Crippen molar-refractivity contribution in [2.45, 2.75) is 32.7 Å². The van der Waals surface area contributed by atoms with Crippen molar-refractivity contribution < 1.29 is 0 Å². The van der Waals surface area contributed by atoms with Gasteiger partial charge in [0.05, 0.1) is 5.52 Å². The zero-order chi connectivity index (χ0) is 12.3. The Morgan fingerprint density at radius 1 is 1.12 bits per heavy atom. The summed E-state index contributed by atoms with van der Waals surface area (Å²) in [6.45, 7) is 4.41. The van der Waals surface area contributed by atoms with Crippen LogP contribution in [0.4, 0.5) is 0 Å². The molecule has 1 unspecified atom stereocenters. The van der Waals surface area contributed by atoms with Crippen LogP contribution in [-0.2, 0) is 0 Å². The van der Waals surface area contributed by atoms with Gasteiger partial charge in [-0.05, 0) is 23.6 Å². The lowest BCUT2D eigenvalue weighted by molar-refractivity contribution is 0.407. The van der Waals surface area contributed by atoms with E-state index in [9.17, 15) is 0 Å². The standard InChI is InChI=1S/C15H20N2/c1-3-11(4-2)15(16)13-9-10-17-14-8-6-5-7-12(13)14/h5-11,15H,3-4,16H2,1-2H3. The molecule has 0 spiro atoms. The highest BCUT2D eigenvalue weighted by molar-refractivity contribution is 5.82. The van der Waals surface area contributed by atoms with Crippen LogP contribution in [0, 0.1) is 5.92 Å². The minimum absolute atomic E-state index is 0.109. The first kappa shape index (κ1) is 12.1. The minimum atomic E-state index is 0.109. The van der Waals surface area contributed by atoms with Crippen LogP contribution >= 0.6 is 0 Å². The quantitative estimate of drug-likeness (QED) is 0.867. The van der Waals surface area contributed by atoms with Gasteiger partial charge in [0.15, 0.2) is 0 Å². The van der Waals surface area contributed by atoms with E-state index in [-0.39, 0.29) is 6.04 Å². The molecule has 0 saturated carbocycles. The van der Waals surface area contributed by atoms with E-state index in [1.807, 2.05) is 24.4 Å². The number of nitrogens with zero attached hydrogens (tertiary/aromatic N) is 1. The number of rotatable bonds is 4.